The Balaban J connectivity index is 2.65. The first-order valence-electron chi connectivity index (χ1n) is 6.62. The highest BCUT2D eigenvalue weighted by Crippen LogP contribution is 2.28. The van der Waals surface area contributed by atoms with Crippen LogP contribution in [-0.2, 0) is 9.59 Å². The summed E-state index contributed by atoms with van der Waals surface area (Å²) in [6, 6.07) is 0. The molecular weight excluding hydrogens is 248 g/mol. The normalized spacial score (nSPS) is 19.3. The first kappa shape index (κ1) is 15.9. The largest absolute Gasteiger partial charge is 0.481 e. The van der Waals surface area contributed by atoms with Gasteiger partial charge in [-0.15, -0.1) is 0 Å². The zero-order valence-corrected chi connectivity index (χ0v) is 11.9. The number of piperazine rings is 1. The van der Waals surface area contributed by atoms with E-state index in [-0.39, 0.29) is 12.5 Å². The minimum Gasteiger partial charge on any atom is -0.481 e. The minimum atomic E-state index is -1.06. The Morgan fingerprint density at radius 2 is 1.68 bits per heavy atom. The fourth-order valence-electron chi connectivity index (χ4n) is 2.36. The molecule has 1 rings (SSSR count). The van der Waals surface area contributed by atoms with Crippen LogP contribution in [0.4, 0.5) is 0 Å². The summed E-state index contributed by atoms with van der Waals surface area (Å²) in [5.41, 5.74) is -0.592. The number of nitrogens with zero attached hydrogens (tertiary/aromatic N) is 2. The number of carbonyl (C=O) groups excluding carboxylic acids is 1. The van der Waals surface area contributed by atoms with Gasteiger partial charge in [-0.05, 0) is 5.41 Å². The lowest BCUT2D eigenvalue weighted by Gasteiger charge is -2.37. The van der Waals surface area contributed by atoms with Crippen molar-refractivity contribution in [2.45, 2.75) is 20.8 Å². The molecule has 0 spiro atoms. The van der Waals surface area contributed by atoms with Crippen LogP contribution < -0.4 is 0 Å². The van der Waals surface area contributed by atoms with Crippen molar-refractivity contribution < 1.29 is 19.8 Å². The van der Waals surface area contributed by atoms with E-state index in [0.29, 0.717) is 32.7 Å². The van der Waals surface area contributed by atoms with Gasteiger partial charge in [-0.3, -0.25) is 14.5 Å². The molecular formula is C13H24N2O4. The second kappa shape index (κ2) is 6.34. The van der Waals surface area contributed by atoms with E-state index < -0.39 is 17.3 Å². The standard InChI is InChI=1S/C13H24N2O4/c1-13(2,3)10(12(18)19)11(17)15-6-4-14(5-7-15)8-9-16/h10,16H,4-9H2,1-3H3,(H,18,19). The summed E-state index contributed by atoms with van der Waals surface area (Å²) >= 11 is 0. The Morgan fingerprint density at radius 1 is 1.16 bits per heavy atom. The van der Waals surface area contributed by atoms with E-state index in [1.165, 1.54) is 0 Å². The summed E-state index contributed by atoms with van der Waals surface area (Å²) < 4.78 is 0. The van der Waals surface area contributed by atoms with E-state index >= 15 is 0 Å². The van der Waals surface area contributed by atoms with Crippen LogP contribution in [0.3, 0.4) is 0 Å². The Hall–Kier alpha value is -1.14. The molecule has 0 aromatic rings. The van der Waals surface area contributed by atoms with Crippen LogP contribution in [-0.4, -0.2) is 71.2 Å². The second-order valence-electron chi connectivity index (χ2n) is 6.03. The monoisotopic (exact) mass is 272 g/mol. The fraction of sp³-hybridized carbons (Fsp3) is 0.846. The van der Waals surface area contributed by atoms with E-state index in [9.17, 15) is 14.7 Å². The van der Waals surface area contributed by atoms with Crippen molar-refractivity contribution >= 4 is 11.9 Å². The van der Waals surface area contributed by atoms with Gasteiger partial charge < -0.3 is 15.1 Å². The third kappa shape index (κ3) is 4.18. The Morgan fingerprint density at radius 3 is 2.05 bits per heavy atom. The predicted molar refractivity (Wildman–Crippen MR) is 70.7 cm³/mol. The highest BCUT2D eigenvalue weighted by Gasteiger charge is 2.40. The van der Waals surface area contributed by atoms with Crippen molar-refractivity contribution in [3.05, 3.63) is 0 Å². The molecule has 1 atom stereocenters. The van der Waals surface area contributed by atoms with Crippen molar-refractivity contribution in [1.29, 1.82) is 0 Å². The maximum atomic E-state index is 12.3. The summed E-state index contributed by atoms with van der Waals surface area (Å²) in [6.07, 6.45) is 0. The highest BCUT2D eigenvalue weighted by atomic mass is 16.4. The van der Waals surface area contributed by atoms with E-state index in [4.69, 9.17) is 5.11 Å². The van der Waals surface area contributed by atoms with Crippen LogP contribution in [0.15, 0.2) is 0 Å². The summed E-state index contributed by atoms with van der Waals surface area (Å²) in [4.78, 5) is 27.3. The SMILES string of the molecule is CC(C)(C)C(C(=O)O)C(=O)N1CCN(CCO)CC1. The van der Waals surface area contributed by atoms with Crippen molar-refractivity contribution in [3.8, 4) is 0 Å². The van der Waals surface area contributed by atoms with Gasteiger partial charge >= 0.3 is 5.97 Å². The van der Waals surface area contributed by atoms with Gasteiger partial charge in [0.1, 0.15) is 5.92 Å². The van der Waals surface area contributed by atoms with Crippen LogP contribution in [0.2, 0.25) is 0 Å². The lowest BCUT2D eigenvalue weighted by atomic mass is 9.79. The molecule has 0 radical (unpaired) electrons. The second-order valence-corrected chi connectivity index (χ2v) is 6.03. The first-order chi connectivity index (χ1) is 8.77. The van der Waals surface area contributed by atoms with Crippen LogP contribution in [0.25, 0.3) is 0 Å². The number of rotatable bonds is 4. The maximum absolute atomic E-state index is 12.3. The van der Waals surface area contributed by atoms with Gasteiger partial charge in [0.15, 0.2) is 0 Å². The zero-order valence-electron chi connectivity index (χ0n) is 11.9. The molecule has 2 N–H and O–H groups in total. The molecule has 1 amide bonds. The van der Waals surface area contributed by atoms with Crippen molar-refractivity contribution in [1.82, 2.24) is 9.80 Å². The van der Waals surface area contributed by atoms with Gasteiger partial charge in [-0.25, -0.2) is 0 Å². The average Bonchev–Trinajstić information content (AvgIpc) is 2.27. The number of amides is 1. The average molecular weight is 272 g/mol. The molecule has 1 saturated heterocycles. The maximum Gasteiger partial charge on any atom is 0.316 e. The number of β-amino-alcohol motifs (C(OH)–C–C–N with tert-alkyl or cyclic N) is 1. The van der Waals surface area contributed by atoms with E-state index in [1.54, 1.807) is 25.7 Å². The minimum absolute atomic E-state index is 0.105. The Labute approximate surface area is 114 Å². The molecule has 0 aliphatic carbocycles. The molecule has 0 aromatic carbocycles. The number of hydrogen-bond acceptors (Lipinski definition) is 4. The molecule has 1 fully saturated rings. The van der Waals surface area contributed by atoms with E-state index in [1.807, 2.05) is 0 Å². The number of carboxylic acids is 1. The molecule has 6 heteroatoms. The van der Waals surface area contributed by atoms with Gasteiger partial charge in [0.25, 0.3) is 0 Å². The molecule has 0 aromatic heterocycles. The third-order valence-corrected chi connectivity index (χ3v) is 3.46. The Bertz CT molecular complexity index is 330. The van der Waals surface area contributed by atoms with Gasteiger partial charge in [0.05, 0.1) is 6.61 Å². The Kier molecular flexibility index (Phi) is 5.31. The van der Waals surface area contributed by atoms with Crippen molar-refractivity contribution in [2.24, 2.45) is 11.3 Å². The van der Waals surface area contributed by atoms with Crippen LogP contribution in [0, 0.1) is 11.3 Å². The number of carbonyl (C=O) groups is 2. The molecule has 1 unspecified atom stereocenters. The number of aliphatic hydroxyl groups is 1. The quantitative estimate of drug-likeness (QED) is 0.697. The number of aliphatic hydroxyl groups excluding tert-OH is 1. The van der Waals surface area contributed by atoms with Gasteiger partial charge in [-0.1, -0.05) is 20.8 Å². The zero-order chi connectivity index (χ0) is 14.6. The molecule has 1 aliphatic heterocycles. The topological polar surface area (TPSA) is 81.1 Å². The highest BCUT2D eigenvalue weighted by molar-refractivity contribution is 5.97. The molecule has 1 aliphatic rings. The van der Waals surface area contributed by atoms with Crippen molar-refractivity contribution in [3.63, 3.8) is 0 Å². The van der Waals surface area contributed by atoms with Gasteiger partial charge in [0.2, 0.25) is 5.91 Å². The number of aliphatic carboxylic acids is 1. The lowest BCUT2D eigenvalue weighted by molar-refractivity contribution is -0.157. The summed E-state index contributed by atoms with van der Waals surface area (Å²) in [5.74, 6) is -2.36. The molecule has 19 heavy (non-hydrogen) atoms. The van der Waals surface area contributed by atoms with Crippen LogP contribution in [0.5, 0.6) is 0 Å². The lowest BCUT2D eigenvalue weighted by Crippen LogP contribution is -2.53. The van der Waals surface area contributed by atoms with Crippen LogP contribution in [0.1, 0.15) is 20.8 Å². The van der Waals surface area contributed by atoms with Gasteiger partial charge in [-0.2, -0.15) is 0 Å². The molecule has 6 nitrogen and oxygen atoms in total. The molecule has 110 valence electrons. The molecule has 0 saturated carbocycles. The van der Waals surface area contributed by atoms with E-state index in [2.05, 4.69) is 4.90 Å². The summed E-state index contributed by atoms with van der Waals surface area (Å²) in [5, 5.41) is 18.1. The molecule has 1 heterocycles. The van der Waals surface area contributed by atoms with Crippen LogP contribution >= 0.6 is 0 Å². The van der Waals surface area contributed by atoms with Gasteiger partial charge in [0, 0.05) is 32.7 Å². The summed E-state index contributed by atoms with van der Waals surface area (Å²) in [7, 11) is 0. The number of hydrogen-bond donors (Lipinski definition) is 2. The smallest absolute Gasteiger partial charge is 0.316 e. The van der Waals surface area contributed by atoms with Crippen molar-refractivity contribution in [2.75, 3.05) is 39.3 Å². The first-order valence-corrected chi connectivity index (χ1v) is 6.62. The predicted octanol–water partition coefficient (Wildman–Crippen LogP) is -0.130. The summed E-state index contributed by atoms with van der Waals surface area (Å²) in [6.45, 7) is 8.43. The third-order valence-electron chi connectivity index (χ3n) is 3.46. The van der Waals surface area contributed by atoms with E-state index in [0.717, 1.165) is 0 Å². The fourth-order valence-corrected chi connectivity index (χ4v) is 2.36. The molecule has 0 bridgehead atoms. The number of carboxylic acid groups (broad SMARTS) is 1.